The molecule has 0 bridgehead atoms. The van der Waals surface area contributed by atoms with Crippen molar-refractivity contribution in [3.05, 3.63) is 110 Å². The number of carbonyl (C=O) groups is 3. The summed E-state index contributed by atoms with van der Waals surface area (Å²) in [7, 11) is 0. The third kappa shape index (κ3) is 5.93. The van der Waals surface area contributed by atoms with E-state index < -0.39 is 23.6 Å². The first-order valence-electron chi connectivity index (χ1n) is 11.6. The Morgan fingerprint density at radius 3 is 2.55 bits per heavy atom. The molecule has 1 aliphatic heterocycles. The number of ether oxygens (including phenoxy) is 1. The lowest BCUT2D eigenvalue weighted by molar-refractivity contribution is -0.127. The Bertz CT molecular complexity index is 1610. The number of anilines is 1. The van der Waals surface area contributed by atoms with Gasteiger partial charge in [-0.25, -0.2) is 0 Å². The highest BCUT2D eigenvalue weighted by Crippen LogP contribution is 2.35. The minimum Gasteiger partial charge on any atom is -0.488 e. The fourth-order valence-corrected chi connectivity index (χ4v) is 5.32. The average molecular weight is 608 g/mol. The summed E-state index contributed by atoms with van der Waals surface area (Å²) < 4.78 is 6.90. The molecular weight excluding hydrogens is 588 g/mol. The van der Waals surface area contributed by atoms with Crippen molar-refractivity contribution in [1.82, 2.24) is 4.90 Å². The smallest absolute Gasteiger partial charge is 0.294 e. The molecule has 1 saturated heterocycles. The average Bonchev–Trinajstić information content (AvgIpc) is 3.16. The molecule has 0 atom stereocenters. The predicted octanol–water partition coefficient (Wildman–Crippen LogP) is 7.51. The SMILES string of the molecule is O=C(CN1C(=O)S/C(=C/c2cc(Br)ccc2OCc2ccc3ccccc3c2)C1=O)Nc1ccccc1Cl. The molecule has 0 aromatic heterocycles. The standard InChI is InChI=1S/C29H20BrClN2O4S/c30-22-11-12-25(37-17-18-9-10-19-5-1-2-6-20(19)13-18)21(14-22)15-26-28(35)33(29(36)38-26)16-27(34)32-24-8-4-3-7-23(24)31/h1-15H,16-17H2,(H,32,34)/b26-15+. The van der Waals surface area contributed by atoms with E-state index in [0.29, 0.717) is 28.6 Å². The number of fused-ring (bicyclic) bond motifs is 1. The quantitative estimate of drug-likeness (QED) is 0.220. The van der Waals surface area contributed by atoms with E-state index >= 15 is 0 Å². The number of rotatable bonds is 7. The molecule has 6 nitrogen and oxygen atoms in total. The van der Waals surface area contributed by atoms with Crippen LogP contribution in [-0.4, -0.2) is 28.5 Å². The van der Waals surface area contributed by atoms with E-state index in [0.717, 1.165) is 37.5 Å². The van der Waals surface area contributed by atoms with Crippen LogP contribution in [0.1, 0.15) is 11.1 Å². The lowest BCUT2D eigenvalue weighted by atomic mass is 10.1. The van der Waals surface area contributed by atoms with Crippen LogP contribution < -0.4 is 10.1 Å². The van der Waals surface area contributed by atoms with Crippen molar-refractivity contribution in [2.24, 2.45) is 0 Å². The topological polar surface area (TPSA) is 75.7 Å². The van der Waals surface area contributed by atoms with Gasteiger partial charge in [-0.2, -0.15) is 0 Å². The molecule has 1 aliphatic rings. The van der Waals surface area contributed by atoms with Crippen molar-refractivity contribution in [3.63, 3.8) is 0 Å². The number of thioether (sulfide) groups is 1. The number of nitrogens with zero attached hydrogens (tertiary/aromatic N) is 1. The fourth-order valence-electron chi connectivity index (χ4n) is 3.93. The van der Waals surface area contributed by atoms with Crippen molar-refractivity contribution in [3.8, 4) is 5.75 Å². The molecule has 4 aromatic carbocycles. The molecule has 190 valence electrons. The molecule has 0 spiro atoms. The molecule has 5 rings (SSSR count). The fraction of sp³-hybridized carbons (Fsp3) is 0.0690. The number of benzene rings is 4. The van der Waals surface area contributed by atoms with E-state index in [9.17, 15) is 14.4 Å². The van der Waals surface area contributed by atoms with Gasteiger partial charge >= 0.3 is 0 Å². The van der Waals surface area contributed by atoms with E-state index in [4.69, 9.17) is 16.3 Å². The van der Waals surface area contributed by atoms with E-state index in [1.54, 1.807) is 36.4 Å². The number of para-hydroxylation sites is 1. The maximum atomic E-state index is 13.0. The van der Waals surface area contributed by atoms with Crippen molar-refractivity contribution in [2.75, 3.05) is 11.9 Å². The molecule has 0 saturated carbocycles. The second-order valence-corrected chi connectivity index (χ2v) is 10.8. The normalized spacial score (nSPS) is 14.4. The second-order valence-electron chi connectivity index (χ2n) is 8.45. The third-order valence-electron chi connectivity index (χ3n) is 5.79. The van der Waals surface area contributed by atoms with Crippen LogP contribution in [0.5, 0.6) is 5.75 Å². The summed E-state index contributed by atoms with van der Waals surface area (Å²) in [6.07, 6.45) is 1.61. The Hall–Kier alpha value is -3.59. The van der Waals surface area contributed by atoms with Crippen molar-refractivity contribution >= 4 is 78.9 Å². The molecule has 4 aromatic rings. The Labute approximate surface area is 236 Å². The van der Waals surface area contributed by atoms with Gasteiger partial charge in [0.05, 0.1) is 15.6 Å². The first-order valence-corrected chi connectivity index (χ1v) is 13.6. The van der Waals surface area contributed by atoms with Crippen molar-refractivity contribution in [2.45, 2.75) is 6.61 Å². The molecule has 9 heteroatoms. The van der Waals surface area contributed by atoms with Crippen LogP contribution in [0, 0.1) is 0 Å². The molecular formula is C29H20BrClN2O4S. The number of halogens is 2. The monoisotopic (exact) mass is 606 g/mol. The number of hydrogen-bond acceptors (Lipinski definition) is 5. The van der Waals surface area contributed by atoms with Crippen molar-refractivity contribution in [1.29, 1.82) is 0 Å². The summed E-state index contributed by atoms with van der Waals surface area (Å²) in [6.45, 7) is -0.0892. The molecule has 1 heterocycles. The van der Waals surface area contributed by atoms with Crippen LogP contribution in [0.25, 0.3) is 16.8 Å². The van der Waals surface area contributed by atoms with E-state index in [1.807, 2.05) is 30.3 Å². The summed E-state index contributed by atoms with van der Waals surface area (Å²) >= 11 is 10.3. The summed E-state index contributed by atoms with van der Waals surface area (Å²) in [6, 6.07) is 26.4. The number of nitrogens with one attached hydrogen (secondary N) is 1. The number of hydrogen-bond donors (Lipinski definition) is 1. The van der Waals surface area contributed by atoms with Gasteiger partial charge in [-0.05, 0) is 70.6 Å². The minimum atomic E-state index is -0.547. The van der Waals surface area contributed by atoms with Gasteiger partial charge in [0.25, 0.3) is 11.1 Å². The molecule has 0 radical (unpaired) electrons. The van der Waals surface area contributed by atoms with Crippen molar-refractivity contribution < 1.29 is 19.1 Å². The molecule has 38 heavy (non-hydrogen) atoms. The van der Waals surface area contributed by atoms with Crippen LogP contribution in [0.3, 0.4) is 0 Å². The molecule has 0 aliphatic carbocycles. The molecule has 3 amide bonds. The molecule has 1 N–H and O–H groups in total. The van der Waals surface area contributed by atoms with Gasteiger partial charge in [0, 0.05) is 10.0 Å². The zero-order valence-corrected chi connectivity index (χ0v) is 23.0. The Balaban J connectivity index is 1.31. The lowest BCUT2D eigenvalue weighted by Crippen LogP contribution is -2.36. The van der Waals surface area contributed by atoms with Gasteiger partial charge in [0.1, 0.15) is 18.9 Å². The largest absolute Gasteiger partial charge is 0.488 e. The number of carbonyl (C=O) groups excluding carboxylic acids is 3. The van der Waals surface area contributed by atoms with Gasteiger partial charge < -0.3 is 10.1 Å². The van der Waals surface area contributed by atoms with Gasteiger partial charge in [0.15, 0.2) is 0 Å². The highest BCUT2D eigenvalue weighted by atomic mass is 79.9. The van der Waals surface area contributed by atoms with Gasteiger partial charge in [0.2, 0.25) is 5.91 Å². The van der Waals surface area contributed by atoms with Gasteiger partial charge in [-0.3, -0.25) is 19.3 Å². The van der Waals surface area contributed by atoms with Crippen LogP contribution >= 0.6 is 39.3 Å². The maximum absolute atomic E-state index is 13.0. The van der Waals surface area contributed by atoms with Crippen LogP contribution in [0.4, 0.5) is 10.5 Å². The van der Waals surface area contributed by atoms with Crippen LogP contribution in [0.2, 0.25) is 5.02 Å². The second kappa shape index (κ2) is 11.4. The third-order valence-corrected chi connectivity index (χ3v) is 7.52. The highest BCUT2D eigenvalue weighted by Gasteiger charge is 2.36. The summed E-state index contributed by atoms with van der Waals surface area (Å²) in [4.78, 5) is 39.2. The highest BCUT2D eigenvalue weighted by molar-refractivity contribution is 9.10. The lowest BCUT2D eigenvalue weighted by Gasteiger charge is -2.13. The van der Waals surface area contributed by atoms with E-state index in [2.05, 4.69) is 45.5 Å². The summed E-state index contributed by atoms with van der Waals surface area (Å²) in [5.74, 6) is -0.511. The minimum absolute atomic E-state index is 0.203. The molecule has 0 unspecified atom stereocenters. The molecule has 1 fully saturated rings. The Kier molecular flexibility index (Phi) is 7.83. The first-order chi connectivity index (χ1) is 18.4. The summed E-state index contributed by atoms with van der Waals surface area (Å²) in [5, 5.41) is 4.74. The number of imide groups is 1. The van der Waals surface area contributed by atoms with Gasteiger partial charge in [-0.15, -0.1) is 0 Å². The predicted molar refractivity (Wildman–Crippen MR) is 155 cm³/mol. The number of amides is 3. The zero-order valence-electron chi connectivity index (χ0n) is 19.8. The van der Waals surface area contributed by atoms with Gasteiger partial charge in [-0.1, -0.05) is 76.1 Å². The summed E-state index contributed by atoms with van der Waals surface area (Å²) in [5.41, 5.74) is 2.04. The van der Waals surface area contributed by atoms with E-state index in [1.165, 1.54) is 0 Å². The maximum Gasteiger partial charge on any atom is 0.294 e. The van der Waals surface area contributed by atoms with Crippen LogP contribution in [-0.2, 0) is 16.2 Å². The van der Waals surface area contributed by atoms with E-state index in [-0.39, 0.29) is 4.91 Å². The zero-order chi connectivity index (χ0) is 26.6. The first kappa shape index (κ1) is 26.0. The van der Waals surface area contributed by atoms with Crippen LogP contribution in [0.15, 0.2) is 94.3 Å². The Morgan fingerprint density at radius 2 is 1.74 bits per heavy atom. The Morgan fingerprint density at radius 1 is 0.974 bits per heavy atom.